The number of hydrogen-bond acceptors (Lipinski definition) is 5. The maximum Gasteiger partial charge on any atom is 0.290 e. The summed E-state index contributed by atoms with van der Waals surface area (Å²) in [5.41, 5.74) is 6.17. The Hall–Kier alpha value is -3.49. The summed E-state index contributed by atoms with van der Waals surface area (Å²) < 4.78 is 2.04. The van der Waals surface area contributed by atoms with Crippen LogP contribution in [0.25, 0.3) is 22.4 Å². The number of carbonyl (C=O) groups is 2. The summed E-state index contributed by atoms with van der Waals surface area (Å²) in [6.07, 6.45) is 8.01. The van der Waals surface area contributed by atoms with Crippen LogP contribution in [0.2, 0.25) is 5.02 Å². The summed E-state index contributed by atoms with van der Waals surface area (Å²) in [7, 11) is 3.97. The number of rotatable bonds is 6. The number of aryl methyl sites for hydroxylation is 1. The van der Waals surface area contributed by atoms with Crippen molar-refractivity contribution in [2.45, 2.75) is 26.4 Å². The zero-order valence-electron chi connectivity index (χ0n) is 20.2. The van der Waals surface area contributed by atoms with Crippen molar-refractivity contribution in [2.75, 3.05) is 27.2 Å². The number of carboxylic acid groups (broad SMARTS) is 1. The minimum absolute atomic E-state index is 0.0290. The minimum Gasteiger partial charge on any atom is -0.483 e. The normalized spacial score (nSPS) is 12.9. The molecule has 0 atom stereocenters. The molecule has 8 nitrogen and oxygen atoms in total. The van der Waals surface area contributed by atoms with Crippen molar-refractivity contribution in [3.05, 3.63) is 71.2 Å². The van der Waals surface area contributed by atoms with Crippen LogP contribution in [-0.4, -0.2) is 69.2 Å². The van der Waals surface area contributed by atoms with Crippen LogP contribution < -0.4 is 0 Å². The molecule has 1 N–H and O–H groups in total. The summed E-state index contributed by atoms with van der Waals surface area (Å²) >= 11 is 6.37. The van der Waals surface area contributed by atoms with Gasteiger partial charge in [-0.1, -0.05) is 30.7 Å². The van der Waals surface area contributed by atoms with Gasteiger partial charge in [0.2, 0.25) is 5.91 Å². The van der Waals surface area contributed by atoms with Crippen LogP contribution in [0.4, 0.5) is 0 Å². The van der Waals surface area contributed by atoms with Gasteiger partial charge in [-0.15, -0.1) is 0 Å². The summed E-state index contributed by atoms with van der Waals surface area (Å²) in [6, 6.07) is 10.1. The number of aromatic nitrogens is 3. The van der Waals surface area contributed by atoms with Gasteiger partial charge in [-0.2, -0.15) is 5.10 Å². The molecule has 184 valence electrons. The number of amides is 1. The average molecular weight is 496 g/mol. The van der Waals surface area contributed by atoms with Crippen LogP contribution in [0, 0.1) is 0 Å². The third-order valence-electron chi connectivity index (χ3n) is 5.69. The van der Waals surface area contributed by atoms with Crippen molar-refractivity contribution in [3.63, 3.8) is 0 Å². The summed E-state index contributed by atoms with van der Waals surface area (Å²) in [5, 5.41) is 12.6. The third-order valence-corrected chi connectivity index (χ3v) is 6.06. The summed E-state index contributed by atoms with van der Waals surface area (Å²) in [4.78, 5) is 29.3. The highest BCUT2D eigenvalue weighted by Crippen LogP contribution is 2.37. The summed E-state index contributed by atoms with van der Waals surface area (Å²) in [5.74, 6) is 0.0290. The molecule has 0 saturated carbocycles. The van der Waals surface area contributed by atoms with E-state index in [1.165, 1.54) is 0 Å². The molecule has 0 saturated heterocycles. The standard InChI is InChI=1S/C25H28ClN5O.CH2O2/c1-4-18-16-20(7-8-21(18)26)25-24(19-9-11-27-12-10-19)22-17-30(14-15-31(22)28-25)23(32)6-5-13-29(2)3;2-1-3/h5-12,16H,4,13-15,17H2,1-3H3;1H,(H,2,3)/b6-5+;. The number of hydrogen-bond donors (Lipinski definition) is 1. The Morgan fingerprint density at radius 1 is 1.17 bits per heavy atom. The fraction of sp³-hybridized carbons (Fsp3) is 0.308. The number of fused-ring (bicyclic) bond motifs is 1. The Labute approximate surface area is 210 Å². The first-order valence-corrected chi connectivity index (χ1v) is 11.7. The molecular weight excluding hydrogens is 466 g/mol. The zero-order valence-corrected chi connectivity index (χ0v) is 20.9. The van der Waals surface area contributed by atoms with E-state index in [2.05, 4.69) is 18.0 Å². The maximum atomic E-state index is 12.8. The third kappa shape index (κ3) is 6.35. The molecule has 1 amide bonds. The molecule has 0 fully saturated rings. The predicted molar refractivity (Wildman–Crippen MR) is 137 cm³/mol. The van der Waals surface area contributed by atoms with Crippen LogP contribution in [0.5, 0.6) is 0 Å². The second-order valence-electron chi connectivity index (χ2n) is 8.32. The molecule has 9 heteroatoms. The Balaban J connectivity index is 0.00000108. The Morgan fingerprint density at radius 3 is 2.54 bits per heavy atom. The van der Waals surface area contributed by atoms with E-state index in [1.54, 1.807) is 18.5 Å². The number of pyridine rings is 1. The molecular formula is C26H30ClN5O3. The van der Waals surface area contributed by atoms with E-state index >= 15 is 0 Å². The lowest BCUT2D eigenvalue weighted by Gasteiger charge is -2.27. The number of nitrogens with zero attached hydrogens (tertiary/aromatic N) is 5. The first-order valence-electron chi connectivity index (χ1n) is 11.4. The zero-order chi connectivity index (χ0) is 25.4. The van der Waals surface area contributed by atoms with Crippen molar-refractivity contribution >= 4 is 24.0 Å². The molecule has 0 aliphatic carbocycles. The van der Waals surface area contributed by atoms with Gasteiger partial charge in [0.25, 0.3) is 6.47 Å². The van der Waals surface area contributed by atoms with Gasteiger partial charge in [0.05, 0.1) is 18.8 Å². The van der Waals surface area contributed by atoms with Gasteiger partial charge in [0, 0.05) is 47.7 Å². The minimum atomic E-state index is -0.250. The van der Waals surface area contributed by atoms with Gasteiger partial charge in [-0.25, -0.2) is 0 Å². The lowest BCUT2D eigenvalue weighted by Crippen LogP contribution is -2.37. The highest BCUT2D eigenvalue weighted by atomic mass is 35.5. The largest absolute Gasteiger partial charge is 0.483 e. The Kier molecular flexibility index (Phi) is 9.17. The highest BCUT2D eigenvalue weighted by Gasteiger charge is 2.27. The number of benzene rings is 1. The molecule has 1 aliphatic heterocycles. The molecule has 0 radical (unpaired) electrons. The van der Waals surface area contributed by atoms with Crippen molar-refractivity contribution in [1.82, 2.24) is 24.6 Å². The molecule has 35 heavy (non-hydrogen) atoms. The number of likely N-dealkylation sites (N-methyl/N-ethyl adjacent to an activating group) is 1. The Morgan fingerprint density at radius 2 is 1.89 bits per heavy atom. The SMILES string of the molecule is CCc1cc(-c2nn3c(c2-c2ccncc2)CN(C(=O)/C=C/CN(C)C)CC3)ccc1Cl.O=CO. The van der Waals surface area contributed by atoms with Crippen molar-refractivity contribution in [1.29, 1.82) is 0 Å². The van der Waals surface area contributed by atoms with Crippen molar-refractivity contribution in [3.8, 4) is 22.4 Å². The van der Waals surface area contributed by atoms with Gasteiger partial charge in [-0.3, -0.25) is 19.3 Å². The smallest absolute Gasteiger partial charge is 0.290 e. The quantitative estimate of drug-likeness (QED) is 0.410. The molecule has 0 spiro atoms. The first-order chi connectivity index (χ1) is 16.9. The van der Waals surface area contributed by atoms with Gasteiger partial charge in [0.15, 0.2) is 0 Å². The van der Waals surface area contributed by atoms with E-state index in [1.807, 2.05) is 58.9 Å². The van der Waals surface area contributed by atoms with Gasteiger partial charge >= 0.3 is 0 Å². The van der Waals surface area contributed by atoms with Gasteiger partial charge in [-0.05, 0) is 55.9 Å². The maximum absolute atomic E-state index is 12.8. The van der Waals surface area contributed by atoms with E-state index < -0.39 is 0 Å². The summed E-state index contributed by atoms with van der Waals surface area (Å²) in [6.45, 7) is 4.40. The molecule has 4 rings (SSSR count). The second kappa shape index (κ2) is 12.3. The fourth-order valence-electron chi connectivity index (χ4n) is 3.99. The molecule has 2 aromatic heterocycles. The first kappa shape index (κ1) is 26.1. The molecule has 3 heterocycles. The van der Waals surface area contributed by atoms with Crippen LogP contribution in [-0.2, 0) is 29.1 Å². The molecule has 0 bridgehead atoms. The monoisotopic (exact) mass is 495 g/mol. The van der Waals surface area contributed by atoms with E-state index in [4.69, 9.17) is 26.6 Å². The van der Waals surface area contributed by atoms with Gasteiger partial charge < -0.3 is 14.9 Å². The second-order valence-corrected chi connectivity index (χ2v) is 8.73. The lowest BCUT2D eigenvalue weighted by atomic mass is 9.97. The molecule has 3 aromatic rings. The average Bonchev–Trinajstić information content (AvgIpc) is 3.24. The van der Waals surface area contributed by atoms with E-state index in [0.717, 1.165) is 51.6 Å². The molecule has 1 aromatic carbocycles. The van der Waals surface area contributed by atoms with Gasteiger partial charge in [0.1, 0.15) is 5.69 Å². The number of carbonyl (C=O) groups excluding carboxylic acids is 1. The topological polar surface area (TPSA) is 91.6 Å². The fourth-order valence-corrected chi connectivity index (χ4v) is 4.24. The van der Waals surface area contributed by atoms with Crippen LogP contribution in [0.3, 0.4) is 0 Å². The lowest BCUT2D eigenvalue weighted by molar-refractivity contribution is -0.127. The highest BCUT2D eigenvalue weighted by molar-refractivity contribution is 6.31. The number of halogens is 1. The predicted octanol–water partition coefficient (Wildman–Crippen LogP) is 3.99. The Bertz CT molecular complexity index is 1190. The van der Waals surface area contributed by atoms with Crippen molar-refractivity contribution in [2.24, 2.45) is 0 Å². The van der Waals surface area contributed by atoms with E-state index in [9.17, 15) is 4.79 Å². The van der Waals surface area contributed by atoms with Crippen LogP contribution in [0.15, 0.2) is 54.9 Å². The molecule has 0 unspecified atom stereocenters. The van der Waals surface area contributed by atoms with Crippen LogP contribution >= 0.6 is 11.6 Å². The van der Waals surface area contributed by atoms with E-state index in [0.29, 0.717) is 19.6 Å². The van der Waals surface area contributed by atoms with Crippen molar-refractivity contribution < 1.29 is 14.7 Å². The van der Waals surface area contributed by atoms with Crippen LogP contribution in [0.1, 0.15) is 18.2 Å². The molecule has 1 aliphatic rings. The van der Waals surface area contributed by atoms with E-state index in [-0.39, 0.29) is 12.4 Å².